The predicted molar refractivity (Wildman–Crippen MR) is 102 cm³/mol. The van der Waals surface area contributed by atoms with Crippen LogP contribution in [0.3, 0.4) is 0 Å². The van der Waals surface area contributed by atoms with Gasteiger partial charge in [-0.25, -0.2) is 0 Å². The summed E-state index contributed by atoms with van der Waals surface area (Å²) in [6.45, 7) is -0.113. The van der Waals surface area contributed by atoms with E-state index < -0.39 is 37.0 Å². The predicted octanol–water partition coefficient (Wildman–Crippen LogP) is 3.24. The van der Waals surface area contributed by atoms with Crippen molar-refractivity contribution in [2.45, 2.75) is 37.0 Å². The van der Waals surface area contributed by atoms with E-state index in [1.807, 2.05) is 12.1 Å². The molecule has 0 amide bonds. The van der Waals surface area contributed by atoms with Gasteiger partial charge in [-0.2, -0.15) is 0 Å². The third kappa shape index (κ3) is 4.06. The highest BCUT2D eigenvalue weighted by molar-refractivity contribution is 6.31. The monoisotopic (exact) mass is 426 g/mol. The lowest BCUT2D eigenvalue weighted by Gasteiger charge is -2.29. The molecule has 0 bridgehead atoms. The first-order valence-corrected chi connectivity index (χ1v) is 9.69. The van der Waals surface area contributed by atoms with Crippen LogP contribution in [0.25, 0.3) is 0 Å². The van der Waals surface area contributed by atoms with Gasteiger partial charge < -0.3 is 29.2 Å². The van der Waals surface area contributed by atoms with Crippen molar-refractivity contribution in [2.75, 3.05) is 13.2 Å². The topological polar surface area (TPSA) is 77.4 Å². The molecule has 0 spiro atoms. The van der Waals surface area contributed by atoms with E-state index >= 15 is 0 Å². The average Bonchev–Trinajstić information content (AvgIpc) is 2.95. The molecule has 2 fully saturated rings. The Kier molecular flexibility index (Phi) is 6.20. The van der Waals surface area contributed by atoms with Crippen molar-refractivity contribution in [3.05, 3.63) is 69.7 Å². The van der Waals surface area contributed by atoms with Crippen LogP contribution >= 0.6 is 23.2 Å². The number of benzene rings is 2. The van der Waals surface area contributed by atoms with E-state index in [0.717, 1.165) is 0 Å². The molecule has 150 valence electrons. The highest BCUT2D eigenvalue weighted by Crippen LogP contribution is 2.37. The minimum atomic E-state index is -1.04. The van der Waals surface area contributed by atoms with E-state index in [1.165, 1.54) is 0 Å². The summed E-state index contributed by atoms with van der Waals surface area (Å²) in [6, 6.07) is 14.2. The maximum absolute atomic E-state index is 10.6. The third-order valence-electron chi connectivity index (χ3n) is 4.80. The summed E-state index contributed by atoms with van der Waals surface area (Å²) < 4.78 is 23.4. The molecule has 2 aromatic rings. The van der Waals surface area contributed by atoms with E-state index in [9.17, 15) is 10.2 Å². The highest BCUT2D eigenvalue weighted by Gasteiger charge is 2.45. The summed E-state index contributed by atoms with van der Waals surface area (Å²) in [4.78, 5) is 0. The van der Waals surface area contributed by atoms with Crippen molar-refractivity contribution in [1.29, 1.82) is 0 Å². The number of halogens is 2. The molecule has 28 heavy (non-hydrogen) atoms. The molecule has 2 N–H and O–H groups in total. The van der Waals surface area contributed by atoms with Crippen LogP contribution in [0, 0.1) is 0 Å². The van der Waals surface area contributed by atoms with E-state index in [0.29, 0.717) is 21.2 Å². The van der Waals surface area contributed by atoms with Crippen LogP contribution in [0.15, 0.2) is 48.5 Å². The second kappa shape index (κ2) is 8.65. The van der Waals surface area contributed by atoms with Gasteiger partial charge in [0.25, 0.3) is 0 Å². The molecule has 8 heteroatoms. The Hall–Kier alpha value is -1.22. The number of fused-ring (bicyclic) bond motifs is 1. The second-order valence-electron chi connectivity index (χ2n) is 6.71. The second-order valence-corrected chi connectivity index (χ2v) is 7.52. The Balaban J connectivity index is 1.62. The summed E-state index contributed by atoms with van der Waals surface area (Å²) in [5, 5.41) is 22.2. The Morgan fingerprint density at radius 3 is 1.46 bits per heavy atom. The Morgan fingerprint density at radius 1 is 0.679 bits per heavy atom. The van der Waals surface area contributed by atoms with Crippen molar-refractivity contribution in [3.63, 3.8) is 0 Å². The van der Waals surface area contributed by atoms with Gasteiger partial charge in [0.2, 0.25) is 0 Å². The quantitative estimate of drug-likeness (QED) is 0.767. The van der Waals surface area contributed by atoms with Crippen molar-refractivity contribution < 1.29 is 29.2 Å². The van der Waals surface area contributed by atoms with Crippen LogP contribution in [0.1, 0.15) is 23.7 Å². The average molecular weight is 427 g/mol. The lowest BCUT2D eigenvalue weighted by molar-refractivity contribution is -0.206. The van der Waals surface area contributed by atoms with Gasteiger partial charge in [0, 0.05) is 21.2 Å². The Morgan fingerprint density at radius 2 is 1.07 bits per heavy atom. The fourth-order valence-electron chi connectivity index (χ4n) is 3.36. The van der Waals surface area contributed by atoms with Crippen molar-refractivity contribution in [1.82, 2.24) is 0 Å². The number of hydrogen-bond donors (Lipinski definition) is 2. The molecule has 0 aromatic heterocycles. The maximum atomic E-state index is 10.6. The summed E-state index contributed by atoms with van der Waals surface area (Å²) >= 11 is 12.5. The van der Waals surface area contributed by atoms with Crippen molar-refractivity contribution in [2.24, 2.45) is 0 Å². The molecule has 6 nitrogen and oxygen atoms in total. The molecule has 6 atom stereocenters. The zero-order valence-corrected chi connectivity index (χ0v) is 16.3. The SMILES string of the molecule is O[C@@H]1COC(c2ccccc2Cl)O[C@H]2[C@@H]1OC(c1ccccc1Cl)OC[C@@H]2O. The maximum Gasteiger partial charge on any atom is 0.185 e. The van der Waals surface area contributed by atoms with Crippen molar-refractivity contribution >= 4 is 23.2 Å². The van der Waals surface area contributed by atoms with E-state index in [-0.39, 0.29) is 13.2 Å². The molecule has 2 aromatic carbocycles. The van der Waals surface area contributed by atoms with Crippen LogP contribution < -0.4 is 0 Å². The van der Waals surface area contributed by atoms with Crippen LogP contribution in [-0.4, -0.2) is 47.8 Å². The first-order valence-electron chi connectivity index (χ1n) is 8.93. The van der Waals surface area contributed by atoms with Crippen molar-refractivity contribution in [3.8, 4) is 0 Å². The fraction of sp³-hybridized carbons (Fsp3) is 0.400. The summed E-state index contributed by atoms with van der Waals surface area (Å²) in [5.41, 5.74) is 1.22. The van der Waals surface area contributed by atoms with Crippen LogP contribution in [0.2, 0.25) is 10.0 Å². The van der Waals surface area contributed by atoms with Gasteiger partial charge in [-0.05, 0) is 12.1 Å². The van der Waals surface area contributed by atoms with Crippen LogP contribution in [-0.2, 0) is 18.9 Å². The van der Waals surface area contributed by atoms with E-state index in [2.05, 4.69) is 0 Å². The van der Waals surface area contributed by atoms with E-state index in [1.54, 1.807) is 36.4 Å². The smallest absolute Gasteiger partial charge is 0.185 e. The molecule has 2 aliphatic rings. The normalized spacial score (nSPS) is 33.6. The number of aliphatic hydroxyl groups excluding tert-OH is 2. The Bertz CT molecular complexity index is 751. The molecule has 2 saturated heterocycles. The zero-order valence-electron chi connectivity index (χ0n) is 14.8. The molecular weight excluding hydrogens is 407 g/mol. The summed E-state index contributed by atoms with van der Waals surface area (Å²) in [7, 11) is 0. The summed E-state index contributed by atoms with van der Waals surface area (Å²) in [6.07, 6.45) is -5.56. The van der Waals surface area contributed by atoms with Gasteiger partial charge in [0.05, 0.1) is 13.2 Å². The molecule has 2 unspecified atom stereocenters. The molecular formula is C20H20Cl2O6. The highest BCUT2D eigenvalue weighted by atomic mass is 35.5. The van der Waals surface area contributed by atoms with Gasteiger partial charge in [-0.3, -0.25) is 0 Å². The zero-order chi connectivity index (χ0) is 19.7. The van der Waals surface area contributed by atoms with Gasteiger partial charge >= 0.3 is 0 Å². The molecule has 4 rings (SSSR count). The first kappa shape index (κ1) is 20.1. The minimum absolute atomic E-state index is 0.0565. The first-order chi connectivity index (χ1) is 13.5. The lowest BCUT2D eigenvalue weighted by atomic mass is 10.0. The number of rotatable bonds is 2. The number of ether oxygens (including phenoxy) is 4. The lowest BCUT2D eigenvalue weighted by Crippen LogP contribution is -2.47. The van der Waals surface area contributed by atoms with Crippen LogP contribution in [0.5, 0.6) is 0 Å². The van der Waals surface area contributed by atoms with Crippen LogP contribution in [0.4, 0.5) is 0 Å². The number of aliphatic hydroxyl groups is 2. The molecule has 0 radical (unpaired) electrons. The summed E-state index contributed by atoms with van der Waals surface area (Å²) in [5.74, 6) is 0. The largest absolute Gasteiger partial charge is 0.388 e. The minimum Gasteiger partial charge on any atom is -0.388 e. The third-order valence-corrected chi connectivity index (χ3v) is 5.49. The van der Waals surface area contributed by atoms with Gasteiger partial charge in [-0.15, -0.1) is 0 Å². The Labute approximate surface area is 172 Å². The fourth-order valence-corrected chi connectivity index (χ4v) is 3.81. The van der Waals surface area contributed by atoms with E-state index in [4.69, 9.17) is 42.1 Å². The molecule has 0 aliphatic carbocycles. The van der Waals surface area contributed by atoms with Gasteiger partial charge in [0.1, 0.15) is 24.4 Å². The standard InChI is InChI=1S/C20H20Cl2O6/c21-13-7-3-1-5-11(13)19-25-9-15(23)18-17(27-19)16(24)10-26-20(28-18)12-6-2-4-8-14(12)22/h1-8,15-20,23-24H,9-10H2/t15-,16+,17-,18-,19?,20?/m1/s1. The van der Waals surface area contributed by atoms with Gasteiger partial charge in [0.15, 0.2) is 12.6 Å². The number of hydrogen-bond acceptors (Lipinski definition) is 6. The molecule has 0 saturated carbocycles. The molecule has 2 aliphatic heterocycles. The molecule has 2 heterocycles. The van der Waals surface area contributed by atoms with Gasteiger partial charge in [-0.1, -0.05) is 59.6 Å².